The van der Waals surface area contributed by atoms with E-state index in [1.165, 1.54) is 29.8 Å². The van der Waals surface area contributed by atoms with Crippen molar-refractivity contribution in [1.29, 1.82) is 0 Å². The molecule has 2 aliphatic rings. The van der Waals surface area contributed by atoms with E-state index < -0.39 is 0 Å². The van der Waals surface area contributed by atoms with Gasteiger partial charge in [-0.3, -0.25) is 4.99 Å². The van der Waals surface area contributed by atoms with Crippen molar-refractivity contribution in [3.8, 4) is 0 Å². The molecule has 5 nitrogen and oxygen atoms in total. The second kappa shape index (κ2) is 8.80. The van der Waals surface area contributed by atoms with Crippen molar-refractivity contribution in [3.63, 3.8) is 0 Å². The second-order valence-corrected chi connectivity index (χ2v) is 8.04. The number of aliphatic imine (C=N–C) groups is 1. The highest BCUT2D eigenvalue weighted by molar-refractivity contribution is 14.0. The number of hydrogen-bond acceptors (Lipinski definition) is 4. The largest absolute Gasteiger partial charge is 0.381 e. The van der Waals surface area contributed by atoms with Gasteiger partial charge in [-0.05, 0) is 38.5 Å². The van der Waals surface area contributed by atoms with Crippen LogP contribution >= 0.6 is 35.3 Å². The fourth-order valence-electron chi connectivity index (χ4n) is 3.75. The number of aromatic nitrogens is 1. The molecule has 2 aliphatic heterocycles. The van der Waals surface area contributed by atoms with Crippen LogP contribution in [0, 0.1) is 19.3 Å². The molecule has 2 fully saturated rings. The minimum absolute atomic E-state index is 0. The summed E-state index contributed by atoms with van der Waals surface area (Å²) < 4.78 is 5.54. The van der Waals surface area contributed by atoms with Crippen molar-refractivity contribution >= 4 is 41.3 Å². The van der Waals surface area contributed by atoms with Crippen molar-refractivity contribution in [3.05, 3.63) is 15.6 Å². The lowest BCUT2D eigenvalue weighted by Gasteiger charge is -2.33. The lowest BCUT2D eigenvalue weighted by molar-refractivity contribution is 0.0218. The molecule has 7 heteroatoms. The van der Waals surface area contributed by atoms with Crippen molar-refractivity contribution in [2.24, 2.45) is 10.4 Å². The van der Waals surface area contributed by atoms with E-state index in [1.54, 1.807) is 11.3 Å². The fraction of sp³-hybridized carbons (Fsp3) is 0.765. The standard InChI is InChI=1S/C17H28N4OS.HI/c1-13-15(23-14(2)20-13)4-8-19-16(18-3)21-9-5-17(12-21)6-10-22-11-7-17;/h4-12H2,1-3H3,(H,18,19);1H. The molecule has 0 bridgehead atoms. The molecule has 1 aromatic heterocycles. The van der Waals surface area contributed by atoms with Crippen molar-refractivity contribution in [1.82, 2.24) is 15.2 Å². The third-order valence-electron chi connectivity index (χ3n) is 5.14. The zero-order valence-corrected chi connectivity index (χ0v) is 18.1. The molecule has 0 aliphatic carbocycles. The maximum absolute atomic E-state index is 5.54. The average molecular weight is 464 g/mol. The first-order valence-electron chi connectivity index (χ1n) is 8.58. The molecule has 0 radical (unpaired) electrons. The average Bonchev–Trinajstić information content (AvgIpc) is 3.08. The Morgan fingerprint density at radius 1 is 1.33 bits per heavy atom. The number of rotatable bonds is 3. The third kappa shape index (κ3) is 4.60. The molecule has 0 saturated carbocycles. The first-order valence-corrected chi connectivity index (χ1v) is 9.40. The molecular weight excluding hydrogens is 435 g/mol. The number of halogens is 1. The van der Waals surface area contributed by atoms with Crippen LogP contribution in [-0.4, -0.2) is 55.7 Å². The Balaban J connectivity index is 0.00000208. The number of nitrogens with one attached hydrogen (secondary N) is 1. The number of aryl methyl sites for hydroxylation is 2. The van der Waals surface area contributed by atoms with Crippen LogP contribution in [0.2, 0.25) is 0 Å². The lowest BCUT2D eigenvalue weighted by atomic mass is 9.80. The Kier molecular flexibility index (Phi) is 7.30. The van der Waals surface area contributed by atoms with Gasteiger partial charge in [-0.25, -0.2) is 4.98 Å². The molecule has 136 valence electrons. The predicted molar refractivity (Wildman–Crippen MR) is 111 cm³/mol. The van der Waals surface area contributed by atoms with Crippen molar-refractivity contribution in [2.45, 2.75) is 39.5 Å². The van der Waals surface area contributed by atoms with Crippen molar-refractivity contribution in [2.75, 3.05) is 39.9 Å². The zero-order chi connectivity index (χ0) is 16.3. The number of ether oxygens (including phenoxy) is 1. The Bertz CT molecular complexity index is 569. The molecule has 0 amide bonds. The topological polar surface area (TPSA) is 49.8 Å². The quantitative estimate of drug-likeness (QED) is 0.425. The van der Waals surface area contributed by atoms with Crippen LogP contribution in [0.4, 0.5) is 0 Å². The molecule has 2 saturated heterocycles. The van der Waals surface area contributed by atoms with Gasteiger partial charge < -0.3 is 15.0 Å². The van der Waals surface area contributed by atoms with Crippen LogP contribution in [0.3, 0.4) is 0 Å². The minimum Gasteiger partial charge on any atom is -0.381 e. The lowest BCUT2D eigenvalue weighted by Crippen LogP contribution is -2.42. The van der Waals surface area contributed by atoms with E-state index in [0.717, 1.165) is 50.2 Å². The summed E-state index contributed by atoms with van der Waals surface area (Å²) in [4.78, 5) is 12.8. The Hall–Kier alpha value is -0.410. The molecule has 0 aromatic carbocycles. The number of likely N-dealkylation sites (tertiary alicyclic amines) is 1. The predicted octanol–water partition coefficient (Wildman–Crippen LogP) is 3.00. The highest BCUT2D eigenvalue weighted by atomic mass is 127. The number of hydrogen-bond donors (Lipinski definition) is 1. The summed E-state index contributed by atoms with van der Waals surface area (Å²) in [5.41, 5.74) is 1.63. The molecule has 0 atom stereocenters. The maximum atomic E-state index is 5.54. The summed E-state index contributed by atoms with van der Waals surface area (Å²) in [6, 6.07) is 0. The van der Waals surface area contributed by atoms with E-state index in [4.69, 9.17) is 4.74 Å². The van der Waals surface area contributed by atoms with Gasteiger partial charge >= 0.3 is 0 Å². The van der Waals surface area contributed by atoms with Crippen LogP contribution in [0.15, 0.2) is 4.99 Å². The van der Waals surface area contributed by atoms with Crippen molar-refractivity contribution < 1.29 is 4.74 Å². The normalized spacial score (nSPS) is 20.3. The van der Waals surface area contributed by atoms with Gasteiger partial charge in [0.25, 0.3) is 0 Å². The monoisotopic (exact) mass is 464 g/mol. The van der Waals surface area contributed by atoms with Gasteiger partial charge in [0.15, 0.2) is 5.96 Å². The maximum Gasteiger partial charge on any atom is 0.193 e. The number of thiazole rings is 1. The van der Waals surface area contributed by atoms with E-state index in [9.17, 15) is 0 Å². The molecule has 1 N–H and O–H groups in total. The van der Waals surface area contributed by atoms with Gasteiger partial charge in [0.2, 0.25) is 0 Å². The van der Waals surface area contributed by atoms with Gasteiger partial charge in [0.05, 0.1) is 10.7 Å². The Morgan fingerprint density at radius 2 is 2.08 bits per heavy atom. The highest BCUT2D eigenvalue weighted by Gasteiger charge is 2.40. The molecule has 3 heterocycles. The van der Waals surface area contributed by atoms with Crippen LogP contribution in [0.5, 0.6) is 0 Å². The first kappa shape index (κ1) is 19.9. The van der Waals surface area contributed by atoms with E-state index in [2.05, 4.69) is 34.0 Å². The van der Waals surface area contributed by atoms with Gasteiger partial charge in [0, 0.05) is 51.2 Å². The zero-order valence-electron chi connectivity index (χ0n) is 14.9. The SMILES string of the molecule is CN=C(NCCc1sc(C)nc1C)N1CCC2(CCOCC2)C1.I. The molecule has 24 heavy (non-hydrogen) atoms. The summed E-state index contributed by atoms with van der Waals surface area (Å²) in [5, 5.41) is 4.70. The first-order chi connectivity index (χ1) is 11.1. The minimum atomic E-state index is 0. The fourth-order valence-corrected chi connectivity index (χ4v) is 4.69. The van der Waals surface area contributed by atoms with Crippen LogP contribution < -0.4 is 5.32 Å². The highest BCUT2D eigenvalue weighted by Crippen LogP contribution is 2.39. The molecule has 1 spiro atoms. The van der Waals surface area contributed by atoms with E-state index in [1.807, 2.05) is 7.05 Å². The van der Waals surface area contributed by atoms with Gasteiger partial charge in [0.1, 0.15) is 0 Å². The van der Waals surface area contributed by atoms with Gasteiger partial charge in [-0.15, -0.1) is 35.3 Å². The number of nitrogens with zero attached hydrogens (tertiary/aromatic N) is 3. The van der Waals surface area contributed by atoms with Crippen LogP contribution in [0.1, 0.15) is 34.8 Å². The molecule has 0 unspecified atom stereocenters. The van der Waals surface area contributed by atoms with Gasteiger partial charge in [-0.2, -0.15) is 0 Å². The van der Waals surface area contributed by atoms with Crippen LogP contribution in [0.25, 0.3) is 0 Å². The Morgan fingerprint density at radius 3 is 2.71 bits per heavy atom. The molecule has 3 rings (SSSR count). The molecular formula is C17H29IN4OS. The molecule has 1 aromatic rings. The Labute approximate surface area is 166 Å². The second-order valence-electron chi connectivity index (χ2n) is 6.75. The summed E-state index contributed by atoms with van der Waals surface area (Å²) in [6.45, 7) is 9.16. The van der Waals surface area contributed by atoms with E-state index in [0.29, 0.717) is 5.41 Å². The van der Waals surface area contributed by atoms with Gasteiger partial charge in [-0.1, -0.05) is 0 Å². The smallest absolute Gasteiger partial charge is 0.193 e. The number of guanidine groups is 1. The summed E-state index contributed by atoms with van der Waals surface area (Å²) in [5.74, 6) is 1.05. The summed E-state index contributed by atoms with van der Waals surface area (Å²) in [6.07, 6.45) is 4.67. The van der Waals surface area contributed by atoms with Crippen LogP contribution in [-0.2, 0) is 11.2 Å². The van der Waals surface area contributed by atoms with E-state index >= 15 is 0 Å². The third-order valence-corrected chi connectivity index (χ3v) is 6.27. The summed E-state index contributed by atoms with van der Waals surface area (Å²) >= 11 is 1.80. The van der Waals surface area contributed by atoms with E-state index in [-0.39, 0.29) is 24.0 Å². The summed E-state index contributed by atoms with van der Waals surface area (Å²) in [7, 11) is 1.89.